The second kappa shape index (κ2) is 4.58. The maximum atomic E-state index is 13.8. The van der Waals surface area contributed by atoms with Crippen LogP contribution in [0.5, 0.6) is 0 Å². The first-order valence-corrected chi connectivity index (χ1v) is 6.08. The highest BCUT2D eigenvalue weighted by Gasteiger charge is 2.36. The largest absolute Gasteiger partial charge is 0.203 e. The predicted octanol–water partition coefficient (Wildman–Crippen LogP) is 4.54. The smallest absolute Gasteiger partial charge is 0.200 e. The number of allylic oxidation sites excluding steroid dienone is 6. The maximum absolute atomic E-state index is 13.8. The van der Waals surface area contributed by atoms with Gasteiger partial charge in [-0.2, -0.15) is 0 Å². The molecule has 0 aromatic heterocycles. The average molecular weight is 284 g/mol. The lowest BCUT2D eigenvalue weighted by Gasteiger charge is -2.22. The summed E-state index contributed by atoms with van der Waals surface area (Å²) in [5, 5.41) is 0. The summed E-state index contributed by atoms with van der Waals surface area (Å²) in [4.78, 5) is 0. The lowest BCUT2D eigenvalue weighted by atomic mass is 9.83. The van der Waals surface area contributed by atoms with Crippen LogP contribution in [0.3, 0.4) is 0 Å². The summed E-state index contributed by atoms with van der Waals surface area (Å²) in [5.74, 6) is -10.5. The van der Waals surface area contributed by atoms with Crippen molar-refractivity contribution >= 4 is 0 Å². The highest BCUT2D eigenvalue weighted by molar-refractivity contribution is 5.43. The molecule has 3 rings (SSSR count). The molecule has 0 saturated carbocycles. The first kappa shape index (κ1) is 13.1. The molecule has 5 heteroatoms. The van der Waals surface area contributed by atoms with Gasteiger partial charge in [-0.05, 0) is 12.0 Å². The van der Waals surface area contributed by atoms with Gasteiger partial charge in [-0.1, -0.05) is 30.4 Å². The summed E-state index contributed by atoms with van der Waals surface area (Å²) < 4.78 is 67.2. The van der Waals surface area contributed by atoms with E-state index in [9.17, 15) is 22.0 Å². The van der Waals surface area contributed by atoms with Crippen molar-refractivity contribution in [3.05, 3.63) is 70.6 Å². The molecule has 0 saturated heterocycles. The van der Waals surface area contributed by atoms with Crippen molar-refractivity contribution < 1.29 is 22.0 Å². The minimum absolute atomic E-state index is 0.243. The van der Waals surface area contributed by atoms with Crippen LogP contribution in [0.4, 0.5) is 22.0 Å². The molecule has 20 heavy (non-hydrogen) atoms. The Morgan fingerprint density at radius 1 is 0.800 bits per heavy atom. The predicted molar refractivity (Wildman–Crippen MR) is 63.4 cm³/mol. The van der Waals surface area contributed by atoms with Gasteiger partial charge in [-0.15, -0.1) is 0 Å². The molecule has 2 atom stereocenters. The van der Waals surface area contributed by atoms with Crippen LogP contribution < -0.4 is 0 Å². The summed E-state index contributed by atoms with van der Waals surface area (Å²) in [6, 6.07) is 0. The normalized spacial score (nSPS) is 23.9. The van der Waals surface area contributed by atoms with E-state index in [0.717, 1.165) is 5.57 Å². The third-order valence-corrected chi connectivity index (χ3v) is 3.76. The molecule has 0 amide bonds. The molecular weight excluding hydrogens is 275 g/mol. The van der Waals surface area contributed by atoms with E-state index in [1.54, 1.807) is 30.4 Å². The molecule has 0 fully saturated rings. The number of benzene rings is 1. The molecule has 0 spiro atoms. The molecule has 0 bridgehead atoms. The van der Waals surface area contributed by atoms with Crippen LogP contribution in [0.15, 0.2) is 36.0 Å². The first-order valence-electron chi connectivity index (χ1n) is 6.08. The Hall–Kier alpha value is -1.91. The summed E-state index contributed by atoms with van der Waals surface area (Å²) in [6.07, 6.45) is 8.95. The highest BCUT2D eigenvalue weighted by atomic mass is 19.2. The third-order valence-electron chi connectivity index (χ3n) is 3.76. The van der Waals surface area contributed by atoms with Crippen LogP contribution in [-0.2, 0) is 0 Å². The molecule has 1 aromatic carbocycles. The van der Waals surface area contributed by atoms with Gasteiger partial charge >= 0.3 is 0 Å². The monoisotopic (exact) mass is 284 g/mol. The first-order chi connectivity index (χ1) is 9.52. The van der Waals surface area contributed by atoms with Gasteiger partial charge in [0, 0.05) is 17.4 Å². The Labute approximate surface area is 111 Å². The second-order valence-electron chi connectivity index (χ2n) is 4.80. The van der Waals surface area contributed by atoms with Crippen molar-refractivity contribution in [3.8, 4) is 0 Å². The van der Waals surface area contributed by atoms with Crippen molar-refractivity contribution in [2.24, 2.45) is 5.92 Å². The van der Waals surface area contributed by atoms with E-state index in [2.05, 4.69) is 0 Å². The second-order valence-corrected chi connectivity index (χ2v) is 4.80. The number of hydrogen-bond acceptors (Lipinski definition) is 0. The Balaban J connectivity index is 2.13. The Morgan fingerprint density at radius 2 is 1.40 bits per heavy atom. The summed E-state index contributed by atoms with van der Waals surface area (Å²) in [7, 11) is 0. The zero-order valence-corrected chi connectivity index (χ0v) is 10.1. The lowest BCUT2D eigenvalue weighted by molar-refractivity contribution is 0.360. The Morgan fingerprint density at radius 3 is 2.05 bits per heavy atom. The molecule has 0 radical (unpaired) electrons. The maximum Gasteiger partial charge on any atom is 0.200 e. The van der Waals surface area contributed by atoms with Gasteiger partial charge in [0.1, 0.15) is 0 Å². The van der Waals surface area contributed by atoms with Crippen LogP contribution in [0.1, 0.15) is 17.9 Å². The molecule has 2 unspecified atom stereocenters. The molecule has 0 nitrogen and oxygen atoms in total. The minimum atomic E-state index is -2.12. The molecule has 104 valence electrons. The molecule has 1 aromatic rings. The number of hydrogen-bond donors (Lipinski definition) is 0. The van der Waals surface area contributed by atoms with Gasteiger partial charge < -0.3 is 0 Å². The van der Waals surface area contributed by atoms with Crippen LogP contribution in [0.2, 0.25) is 0 Å². The highest BCUT2D eigenvalue weighted by Crippen LogP contribution is 2.44. The SMILES string of the molecule is Fc1c(F)c(F)c(C2CC=C3C=CC=CC32)c(F)c1F. The van der Waals surface area contributed by atoms with Gasteiger partial charge in [0.05, 0.1) is 0 Å². The van der Waals surface area contributed by atoms with Gasteiger partial charge in [-0.25, -0.2) is 22.0 Å². The average Bonchev–Trinajstić information content (AvgIpc) is 2.87. The lowest BCUT2D eigenvalue weighted by Crippen LogP contribution is -2.15. The summed E-state index contributed by atoms with van der Waals surface area (Å²) >= 11 is 0. The summed E-state index contributed by atoms with van der Waals surface area (Å²) in [6.45, 7) is 0. The van der Waals surface area contributed by atoms with Crippen LogP contribution in [0.25, 0.3) is 0 Å². The number of rotatable bonds is 1. The summed E-state index contributed by atoms with van der Waals surface area (Å²) in [5.41, 5.74) is 0.110. The van der Waals surface area contributed by atoms with Crippen molar-refractivity contribution in [2.45, 2.75) is 12.3 Å². The molecule has 0 aliphatic heterocycles. The van der Waals surface area contributed by atoms with E-state index in [1.165, 1.54) is 0 Å². The molecular formula is C15H9F5. The Bertz CT molecular complexity index is 640. The zero-order chi connectivity index (χ0) is 14.4. The molecule has 0 N–H and O–H groups in total. The van der Waals surface area contributed by atoms with E-state index < -0.39 is 40.6 Å². The van der Waals surface area contributed by atoms with Gasteiger partial charge in [0.25, 0.3) is 0 Å². The van der Waals surface area contributed by atoms with Crippen molar-refractivity contribution in [3.63, 3.8) is 0 Å². The van der Waals surface area contributed by atoms with Crippen LogP contribution in [0, 0.1) is 35.0 Å². The van der Waals surface area contributed by atoms with Crippen molar-refractivity contribution in [1.82, 2.24) is 0 Å². The van der Waals surface area contributed by atoms with Crippen molar-refractivity contribution in [2.75, 3.05) is 0 Å². The fourth-order valence-electron chi connectivity index (χ4n) is 2.80. The number of halogens is 5. The topological polar surface area (TPSA) is 0 Å². The van der Waals surface area contributed by atoms with Crippen LogP contribution in [-0.4, -0.2) is 0 Å². The minimum Gasteiger partial charge on any atom is -0.203 e. The van der Waals surface area contributed by atoms with E-state index in [4.69, 9.17) is 0 Å². The number of fused-ring (bicyclic) bond motifs is 1. The molecule has 2 aliphatic rings. The third kappa shape index (κ3) is 1.72. The van der Waals surface area contributed by atoms with E-state index >= 15 is 0 Å². The molecule has 2 aliphatic carbocycles. The van der Waals surface area contributed by atoms with E-state index in [0.29, 0.717) is 0 Å². The van der Waals surface area contributed by atoms with Crippen molar-refractivity contribution in [1.29, 1.82) is 0 Å². The van der Waals surface area contributed by atoms with Crippen LogP contribution >= 0.6 is 0 Å². The molecule has 0 heterocycles. The Kier molecular flexibility index (Phi) is 3.00. The van der Waals surface area contributed by atoms with Gasteiger partial charge in [-0.3, -0.25) is 0 Å². The standard InChI is InChI=1S/C15H9F5/c16-11-10(12(17)14(19)15(20)13(11)18)9-6-5-7-3-1-2-4-8(7)9/h1-5,8-9H,6H2. The quantitative estimate of drug-likeness (QED) is 0.403. The van der Waals surface area contributed by atoms with E-state index in [1.807, 2.05) is 0 Å². The van der Waals surface area contributed by atoms with Gasteiger partial charge in [0.2, 0.25) is 5.82 Å². The fraction of sp³-hybridized carbons (Fsp3) is 0.200. The van der Waals surface area contributed by atoms with E-state index in [-0.39, 0.29) is 12.3 Å². The fourth-order valence-corrected chi connectivity index (χ4v) is 2.80. The van der Waals surface area contributed by atoms with Gasteiger partial charge in [0.15, 0.2) is 23.3 Å². The zero-order valence-electron chi connectivity index (χ0n) is 10.1.